The number of hydrogen-bond donors (Lipinski definition) is 0. The number of methoxy groups -OCH3 is 2. The molecule has 0 fully saturated rings. The molecule has 0 amide bonds. The van der Waals surface area contributed by atoms with E-state index in [1.807, 2.05) is 0 Å². The lowest BCUT2D eigenvalue weighted by Crippen LogP contribution is -2.50. The zero-order valence-electron chi connectivity index (χ0n) is 19.6. The lowest BCUT2D eigenvalue weighted by Gasteiger charge is -2.46. The summed E-state index contributed by atoms with van der Waals surface area (Å²) < 4.78 is 11.0. The van der Waals surface area contributed by atoms with E-state index in [1.54, 1.807) is 14.2 Å². The molecule has 0 saturated heterocycles. The number of aryl methyl sites for hydroxylation is 2. The Hall–Kier alpha value is -2.62. The van der Waals surface area contributed by atoms with E-state index in [4.69, 9.17) is 9.47 Å². The smallest absolute Gasteiger partial charge is 0.121 e. The van der Waals surface area contributed by atoms with E-state index in [0.717, 1.165) is 43.0 Å². The van der Waals surface area contributed by atoms with E-state index >= 15 is 0 Å². The van der Waals surface area contributed by atoms with E-state index < -0.39 is 0 Å². The molecule has 0 bridgehead atoms. The van der Waals surface area contributed by atoms with Crippen molar-refractivity contribution in [3.05, 3.63) is 58.8 Å². The van der Waals surface area contributed by atoms with Gasteiger partial charge in [0.05, 0.1) is 26.9 Å². The van der Waals surface area contributed by atoms with Gasteiger partial charge in [0.25, 0.3) is 0 Å². The average molecular weight is 409 g/mol. The number of hydrogen-bond acceptors (Lipinski definition) is 4. The maximum absolute atomic E-state index is 5.49. The van der Waals surface area contributed by atoms with E-state index in [2.05, 4.69) is 80.8 Å². The standard InChI is InChI=1S/C26H36N2O2/c1-8-22-23(9-2)27(20-11-13-25(29-6)18(4)15-20)17-28(24(22)10-3)21-12-14-26(30-7)19(5)16-21/h11-16,23H,8-10,17H2,1-7H3. The minimum absolute atomic E-state index is 0.411. The van der Waals surface area contributed by atoms with Crippen LogP contribution >= 0.6 is 0 Å². The maximum atomic E-state index is 5.49. The fourth-order valence-electron chi connectivity index (χ4n) is 4.79. The number of benzene rings is 2. The monoisotopic (exact) mass is 408 g/mol. The van der Waals surface area contributed by atoms with Gasteiger partial charge in [-0.15, -0.1) is 0 Å². The molecule has 1 heterocycles. The quantitative estimate of drug-likeness (QED) is 0.525. The summed E-state index contributed by atoms with van der Waals surface area (Å²) in [6.07, 6.45) is 3.17. The fraction of sp³-hybridized carbons (Fsp3) is 0.462. The molecule has 3 rings (SSSR count). The summed E-state index contributed by atoms with van der Waals surface area (Å²) in [5.74, 6) is 1.87. The number of anilines is 2. The Balaban J connectivity index is 2.11. The van der Waals surface area contributed by atoms with Crippen LogP contribution in [0.2, 0.25) is 0 Å². The Kier molecular flexibility index (Phi) is 6.96. The van der Waals surface area contributed by atoms with Crippen LogP contribution in [0.5, 0.6) is 11.5 Å². The van der Waals surface area contributed by atoms with Crippen molar-refractivity contribution in [3.63, 3.8) is 0 Å². The summed E-state index contributed by atoms with van der Waals surface area (Å²) >= 11 is 0. The highest BCUT2D eigenvalue weighted by Crippen LogP contribution is 2.38. The summed E-state index contributed by atoms with van der Waals surface area (Å²) in [6, 6.07) is 13.4. The van der Waals surface area contributed by atoms with Crippen LogP contribution in [0.3, 0.4) is 0 Å². The molecule has 0 N–H and O–H groups in total. The minimum Gasteiger partial charge on any atom is -0.496 e. The Morgan fingerprint density at radius 1 is 0.833 bits per heavy atom. The van der Waals surface area contributed by atoms with Gasteiger partial charge >= 0.3 is 0 Å². The second kappa shape index (κ2) is 9.46. The van der Waals surface area contributed by atoms with Gasteiger partial charge in [0, 0.05) is 17.1 Å². The average Bonchev–Trinajstić information content (AvgIpc) is 2.77. The minimum atomic E-state index is 0.411. The molecule has 2 aromatic rings. The van der Waals surface area contributed by atoms with Gasteiger partial charge in [0.1, 0.15) is 11.5 Å². The zero-order valence-corrected chi connectivity index (χ0v) is 19.6. The van der Waals surface area contributed by atoms with Crippen molar-refractivity contribution in [1.82, 2.24) is 0 Å². The molecule has 2 aromatic carbocycles. The first-order valence-electron chi connectivity index (χ1n) is 11.0. The molecule has 0 aliphatic carbocycles. The number of nitrogens with zero attached hydrogens (tertiary/aromatic N) is 2. The Bertz CT molecular complexity index is 919. The molecule has 30 heavy (non-hydrogen) atoms. The number of allylic oxidation sites excluding steroid dienone is 1. The highest BCUT2D eigenvalue weighted by molar-refractivity contribution is 5.64. The van der Waals surface area contributed by atoms with Crippen LogP contribution in [0, 0.1) is 13.8 Å². The normalized spacial score (nSPS) is 16.8. The van der Waals surface area contributed by atoms with Gasteiger partial charge in [-0.2, -0.15) is 0 Å². The molecule has 4 nitrogen and oxygen atoms in total. The van der Waals surface area contributed by atoms with E-state index in [-0.39, 0.29) is 0 Å². The molecule has 1 unspecified atom stereocenters. The van der Waals surface area contributed by atoms with Gasteiger partial charge in [0.2, 0.25) is 0 Å². The van der Waals surface area contributed by atoms with Gasteiger partial charge in [-0.1, -0.05) is 20.8 Å². The van der Waals surface area contributed by atoms with Crippen LogP contribution < -0.4 is 19.3 Å². The lowest BCUT2D eigenvalue weighted by molar-refractivity contribution is 0.411. The Morgan fingerprint density at radius 2 is 1.40 bits per heavy atom. The second-order valence-corrected chi connectivity index (χ2v) is 7.95. The van der Waals surface area contributed by atoms with Crippen LogP contribution in [0.15, 0.2) is 47.7 Å². The van der Waals surface area contributed by atoms with Crippen LogP contribution in [0.25, 0.3) is 0 Å². The number of rotatable bonds is 7. The van der Waals surface area contributed by atoms with Crippen molar-refractivity contribution < 1.29 is 9.47 Å². The van der Waals surface area contributed by atoms with E-state index in [9.17, 15) is 0 Å². The van der Waals surface area contributed by atoms with Gasteiger partial charge in [-0.3, -0.25) is 0 Å². The molecule has 1 aliphatic rings. The van der Waals surface area contributed by atoms with Gasteiger partial charge in [0.15, 0.2) is 0 Å². The van der Waals surface area contributed by atoms with E-state index in [0.29, 0.717) is 6.04 Å². The molecule has 4 heteroatoms. The third-order valence-electron chi connectivity index (χ3n) is 6.27. The van der Waals surface area contributed by atoms with Crippen molar-refractivity contribution in [2.45, 2.75) is 59.9 Å². The molecular weight excluding hydrogens is 372 g/mol. The van der Waals surface area contributed by atoms with Crippen molar-refractivity contribution in [3.8, 4) is 11.5 Å². The number of ether oxygens (including phenoxy) is 2. The molecule has 0 spiro atoms. The Labute approximate surface area is 182 Å². The molecular formula is C26H36N2O2. The first kappa shape index (κ1) is 22.1. The van der Waals surface area contributed by atoms with Gasteiger partial charge in [-0.25, -0.2) is 0 Å². The summed E-state index contributed by atoms with van der Waals surface area (Å²) in [5, 5.41) is 0. The predicted octanol–water partition coefficient (Wildman–Crippen LogP) is 6.46. The molecule has 1 aliphatic heterocycles. The third-order valence-corrected chi connectivity index (χ3v) is 6.27. The van der Waals surface area contributed by atoms with Crippen molar-refractivity contribution in [2.24, 2.45) is 0 Å². The maximum Gasteiger partial charge on any atom is 0.121 e. The van der Waals surface area contributed by atoms with Gasteiger partial charge < -0.3 is 19.3 Å². The molecule has 1 atom stereocenters. The van der Waals surface area contributed by atoms with Crippen LogP contribution in [0.4, 0.5) is 11.4 Å². The zero-order chi connectivity index (χ0) is 21.8. The largest absolute Gasteiger partial charge is 0.496 e. The first-order valence-corrected chi connectivity index (χ1v) is 11.0. The Morgan fingerprint density at radius 3 is 1.87 bits per heavy atom. The first-order chi connectivity index (χ1) is 14.5. The van der Waals surface area contributed by atoms with Crippen molar-refractivity contribution in [1.29, 1.82) is 0 Å². The van der Waals surface area contributed by atoms with E-state index in [1.165, 1.54) is 28.2 Å². The SMILES string of the molecule is CCC1=C(CC)N(c2ccc(OC)c(C)c2)CN(c2ccc(OC)c(C)c2)C1CC. The summed E-state index contributed by atoms with van der Waals surface area (Å²) in [5.41, 5.74) is 7.79. The van der Waals surface area contributed by atoms with Crippen molar-refractivity contribution >= 4 is 11.4 Å². The summed E-state index contributed by atoms with van der Waals surface area (Å²) in [4.78, 5) is 5.03. The molecule has 0 saturated carbocycles. The van der Waals surface area contributed by atoms with Crippen LogP contribution in [-0.2, 0) is 0 Å². The van der Waals surface area contributed by atoms with Gasteiger partial charge in [-0.05, 0) is 86.2 Å². The van der Waals surface area contributed by atoms with Crippen LogP contribution in [0.1, 0.15) is 51.2 Å². The third kappa shape index (κ3) is 4.00. The molecule has 162 valence electrons. The van der Waals surface area contributed by atoms with Crippen molar-refractivity contribution in [2.75, 3.05) is 30.7 Å². The summed E-state index contributed by atoms with van der Waals surface area (Å²) in [6.45, 7) is 11.9. The highest BCUT2D eigenvalue weighted by atomic mass is 16.5. The predicted molar refractivity (Wildman–Crippen MR) is 127 cm³/mol. The lowest BCUT2D eigenvalue weighted by atomic mass is 9.93. The molecule has 0 aromatic heterocycles. The second-order valence-electron chi connectivity index (χ2n) is 7.95. The van der Waals surface area contributed by atoms with Crippen LogP contribution in [-0.4, -0.2) is 26.9 Å². The highest BCUT2D eigenvalue weighted by Gasteiger charge is 2.32. The molecule has 0 radical (unpaired) electrons. The topological polar surface area (TPSA) is 24.9 Å². The fourth-order valence-corrected chi connectivity index (χ4v) is 4.79. The summed E-state index contributed by atoms with van der Waals surface area (Å²) in [7, 11) is 3.46.